The third-order valence-corrected chi connectivity index (χ3v) is 3.41. The molecule has 1 saturated heterocycles. The van der Waals surface area contributed by atoms with Crippen LogP contribution in [0.5, 0.6) is 0 Å². The number of rotatable bonds is 5. The van der Waals surface area contributed by atoms with E-state index in [1.165, 1.54) is 0 Å². The lowest BCUT2D eigenvalue weighted by atomic mass is 9.94. The summed E-state index contributed by atoms with van der Waals surface area (Å²) in [5.74, 6) is 1.25. The van der Waals surface area contributed by atoms with E-state index in [0.717, 1.165) is 19.4 Å². The minimum absolute atomic E-state index is 0.366. The molecule has 2 aromatic rings. The van der Waals surface area contributed by atoms with E-state index < -0.39 is 5.60 Å². The molecular weight excluding hydrogens is 272 g/mol. The minimum Gasteiger partial charge on any atom is -0.387 e. The summed E-state index contributed by atoms with van der Waals surface area (Å²) in [6, 6.07) is 1.73. The third kappa shape index (κ3) is 3.60. The van der Waals surface area contributed by atoms with Crippen molar-refractivity contribution in [1.29, 1.82) is 0 Å². The first-order valence-electron chi connectivity index (χ1n) is 6.99. The van der Waals surface area contributed by atoms with Gasteiger partial charge in [0.2, 0.25) is 17.5 Å². The Labute approximate surface area is 122 Å². The van der Waals surface area contributed by atoms with Gasteiger partial charge in [0, 0.05) is 25.5 Å². The van der Waals surface area contributed by atoms with E-state index in [1.807, 2.05) is 0 Å². The van der Waals surface area contributed by atoms with Crippen LogP contribution in [0.4, 0.5) is 0 Å². The maximum atomic E-state index is 10.3. The Morgan fingerprint density at radius 2 is 2.19 bits per heavy atom. The zero-order valence-electron chi connectivity index (χ0n) is 11.6. The Bertz CT molecular complexity index is 567. The predicted octanol–water partition coefficient (Wildman–Crippen LogP) is -0.269. The van der Waals surface area contributed by atoms with Crippen molar-refractivity contribution in [1.82, 2.24) is 30.7 Å². The van der Waals surface area contributed by atoms with Gasteiger partial charge in [0.25, 0.3) is 0 Å². The Morgan fingerprint density at radius 3 is 2.95 bits per heavy atom. The van der Waals surface area contributed by atoms with Crippen LogP contribution in [0.15, 0.2) is 23.0 Å². The van der Waals surface area contributed by atoms with E-state index >= 15 is 0 Å². The zero-order valence-corrected chi connectivity index (χ0v) is 11.6. The molecule has 112 valence electrons. The van der Waals surface area contributed by atoms with Gasteiger partial charge in [-0.15, -0.1) is 0 Å². The number of hydrogen-bond acceptors (Lipinski definition) is 8. The van der Waals surface area contributed by atoms with E-state index in [1.54, 1.807) is 18.5 Å². The topological polar surface area (TPSA) is 109 Å². The Hall–Kier alpha value is -1.90. The molecule has 0 amide bonds. The van der Waals surface area contributed by atoms with Gasteiger partial charge in [0.05, 0.1) is 12.1 Å². The number of hydrogen-bond donors (Lipinski definition) is 3. The fourth-order valence-corrected chi connectivity index (χ4v) is 2.34. The molecule has 1 atom stereocenters. The van der Waals surface area contributed by atoms with Crippen LogP contribution in [0, 0.1) is 0 Å². The van der Waals surface area contributed by atoms with E-state index in [-0.39, 0.29) is 0 Å². The van der Waals surface area contributed by atoms with Crippen LogP contribution < -0.4 is 10.6 Å². The molecule has 0 aliphatic carbocycles. The molecule has 1 unspecified atom stereocenters. The Kier molecular flexibility index (Phi) is 4.18. The normalized spacial score (nSPS) is 22.3. The molecule has 3 heterocycles. The smallest absolute Gasteiger partial charge is 0.241 e. The molecule has 1 fully saturated rings. The van der Waals surface area contributed by atoms with Crippen molar-refractivity contribution in [2.75, 3.05) is 19.6 Å². The second kappa shape index (κ2) is 6.25. The van der Waals surface area contributed by atoms with E-state index in [4.69, 9.17) is 4.52 Å². The summed E-state index contributed by atoms with van der Waals surface area (Å²) in [5, 5.41) is 20.5. The molecule has 0 bridgehead atoms. The van der Waals surface area contributed by atoms with Crippen LogP contribution >= 0.6 is 0 Å². The maximum absolute atomic E-state index is 10.3. The molecule has 2 aromatic heterocycles. The lowest BCUT2D eigenvalue weighted by Crippen LogP contribution is -2.51. The van der Waals surface area contributed by atoms with Crippen molar-refractivity contribution < 1.29 is 9.63 Å². The van der Waals surface area contributed by atoms with Crippen molar-refractivity contribution in [3.63, 3.8) is 0 Å². The summed E-state index contributed by atoms with van der Waals surface area (Å²) in [4.78, 5) is 12.3. The average molecular weight is 290 g/mol. The van der Waals surface area contributed by atoms with Crippen molar-refractivity contribution in [2.45, 2.75) is 25.0 Å². The molecule has 0 radical (unpaired) electrons. The molecule has 0 saturated carbocycles. The summed E-state index contributed by atoms with van der Waals surface area (Å²) in [6.07, 6.45) is 5.03. The summed E-state index contributed by atoms with van der Waals surface area (Å²) < 4.78 is 5.14. The van der Waals surface area contributed by atoms with Gasteiger partial charge in [-0.05, 0) is 25.5 Å². The van der Waals surface area contributed by atoms with Gasteiger partial charge in [0.15, 0.2) is 0 Å². The molecule has 0 spiro atoms. The fraction of sp³-hybridized carbons (Fsp3) is 0.538. The summed E-state index contributed by atoms with van der Waals surface area (Å²) in [6.45, 7) is 2.46. The standard InChI is InChI=1S/C13H18N6O2/c20-13(3-1-4-14-8-13)9-15-7-10-18-12(19-21-10)11-16-5-2-6-17-11/h2,5-6,14-15,20H,1,3-4,7-9H2. The number of nitrogens with zero attached hydrogens (tertiary/aromatic N) is 4. The Balaban J connectivity index is 1.53. The summed E-state index contributed by atoms with van der Waals surface area (Å²) in [7, 11) is 0. The molecule has 21 heavy (non-hydrogen) atoms. The van der Waals surface area contributed by atoms with Crippen molar-refractivity contribution in [3.8, 4) is 11.6 Å². The highest BCUT2D eigenvalue weighted by molar-refractivity contribution is 5.40. The van der Waals surface area contributed by atoms with E-state index in [2.05, 4.69) is 30.7 Å². The lowest BCUT2D eigenvalue weighted by molar-refractivity contribution is 0.0164. The van der Waals surface area contributed by atoms with Gasteiger partial charge in [-0.3, -0.25) is 0 Å². The second-order valence-electron chi connectivity index (χ2n) is 5.19. The van der Waals surface area contributed by atoms with Gasteiger partial charge < -0.3 is 20.3 Å². The zero-order chi connectivity index (χ0) is 14.5. The SMILES string of the molecule is OC1(CNCc2nc(-c3ncccn3)no2)CCCNC1. The average Bonchev–Trinajstić information content (AvgIpc) is 2.98. The first-order valence-corrected chi connectivity index (χ1v) is 6.99. The monoisotopic (exact) mass is 290 g/mol. The number of nitrogens with one attached hydrogen (secondary N) is 2. The van der Waals surface area contributed by atoms with Gasteiger partial charge >= 0.3 is 0 Å². The molecule has 3 rings (SSSR count). The van der Waals surface area contributed by atoms with Crippen LogP contribution in [-0.4, -0.2) is 50.5 Å². The fourth-order valence-electron chi connectivity index (χ4n) is 2.34. The minimum atomic E-state index is -0.705. The summed E-state index contributed by atoms with van der Waals surface area (Å²) in [5.41, 5.74) is -0.705. The van der Waals surface area contributed by atoms with E-state index in [0.29, 0.717) is 37.2 Å². The van der Waals surface area contributed by atoms with Gasteiger partial charge in [-0.1, -0.05) is 5.16 Å². The molecule has 1 aliphatic rings. The molecule has 8 heteroatoms. The lowest BCUT2D eigenvalue weighted by Gasteiger charge is -2.32. The first kappa shape index (κ1) is 14.1. The molecular formula is C13H18N6O2. The number of piperidine rings is 1. The molecule has 1 aliphatic heterocycles. The first-order chi connectivity index (χ1) is 10.3. The van der Waals surface area contributed by atoms with Gasteiger partial charge in [-0.2, -0.15) is 4.98 Å². The van der Waals surface area contributed by atoms with Crippen LogP contribution in [0.25, 0.3) is 11.6 Å². The van der Waals surface area contributed by atoms with Crippen molar-refractivity contribution in [3.05, 3.63) is 24.4 Å². The van der Waals surface area contributed by atoms with Gasteiger partial charge in [0.1, 0.15) is 0 Å². The van der Waals surface area contributed by atoms with Crippen molar-refractivity contribution >= 4 is 0 Å². The van der Waals surface area contributed by atoms with E-state index in [9.17, 15) is 5.11 Å². The van der Waals surface area contributed by atoms with Crippen LogP contribution in [0.2, 0.25) is 0 Å². The number of aliphatic hydroxyl groups is 1. The van der Waals surface area contributed by atoms with Gasteiger partial charge in [-0.25, -0.2) is 9.97 Å². The number of aromatic nitrogens is 4. The largest absolute Gasteiger partial charge is 0.387 e. The highest BCUT2D eigenvalue weighted by Crippen LogP contribution is 2.15. The molecule has 8 nitrogen and oxygen atoms in total. The quantitative estimate of drug-likeness (QED) is 0.690. The maximum Gasteiger partial charge on any atom is 0.241 e. The highest BCUT2D eigenvalue weighted by atomic mass is 16.5. The predicted molar refractivity (Wildman–Crippen MR) is 74.1 cm³/mol. The number of β-amino-alcohol motifs (C(OH)–C–C–N with tert-alkyl or cyclic N) is 1. The Morgan fingerprint density at radius 1 is 1.33 bits per heavy atom. The van der Waals surface area contributed by atoms with Crippen LogP contribution in [0.1, 0.15) is 18.7 Å². The molecule has 0 aromatic carbocycles. The molecule has 3 N–H and O–H groups in total. The second-order valence-corrected chi connectivity index (χ2v) is 5.19. The summed E-state index contributed by atoms with van der Waals surface area (Å²) >= 11 is 0. The van der Waals surface area contributed by atoms with Crippen LogP contribution in [-0.2, 0) is 6.54 Å². The highest BCUT2D eigenvalue weighted by Gasteiger charge is 2.28. The third-order valence-electron chi connectivity index (χ3n) is 3.41. The van der Waals surface area contributed by atoms with Crippen LogP contribution in [0.3, 0.4) is 0 Å². The van der Waals surface area contributed by atoms with Crippen molar-refractivity contribution in [2.24, 2.45) is 0 Å².